The molecule has 1 unspecified atom stereocenters. The van der Waals surface area contributed by atoms with E-state index in [-0.39, 0.29) is 0 Å². The molecule has 0 radical (unpaired) electrons. The van der Waals surface area contributed by atoms with Crippen LogP contribution in [0.5, 0.6) is 0 Å². The molecule has 0 spiro atoms. The van der Waals surface area contributed by atoms with Crippen molar-refractivity contribution in [2.45, 2.75) is 33.2 Å². The predicted octanol–water partition coefficient (Wildman–Crippen LogP) is 2.54. The van der Waals surface area contributed by atoms with Crippen LogP contribution >= 0.6 is 12.6 Å². The van der Waals surface area contributed by atoms with E-state index in [1.165, 1.54) is 18.5 Å². The van der Waals surface area contributed by atoms with Crippen molar-refractivity contribution in [2.24, 2.45) is 5.92 Å². The summed E-state index contributed by atoms with van der Waals surface area (Å²) < 4.78 is 2.06. The van der Waals surface area contributed by atoms with E-state index >= 15 is 0 Å². The van der Waals surface area contributed by atoms with Gasteiger partial charge >= 0.3 is 0 Å². The standard InChI is InChI=1S/C10H18N2S/c1-9(5-8-13)4-7-12-10(2)3-6-11-12/h3,6,9,13H,4-5,7-8H2,1-2H3. The molecule has 1 rings (SSSR count). The van der Waals surface area contributed by atoms with E-state index in [0.717, 1.165) is 18.2 Å². The molecule has 1 aromatic rings. The molecule has 1 atom stereocenters. The number of aryl methyl sites for hydroxylation is 2. The molecule has 0 aliphatic carbocycles. The Kier molecular flexibility index (Phi) is 4.36. The van der Waals surface area contributed by atoms with E-state index in [1.54, 1.807) is 0 Å². The Balaban J connectivity index is 2.30. The van der Waals surface area contributed by atoms with Crippen LogP contribution in [0.2, 0.25) is 0 Å². The molecule has 1 heterocycles. The molecule has 0 amide bonds. The van der Waals surface area contributed by atoms with Gasteiger partial charge in [0.1, 0.15) is 0 Å². The molecule has 0 N–H and O–H groups in total. The number of nitrogens with zero attached hydrogens (tertiary/aromatic N) is 2. The van der Waals surface area contributed by atoms with Gasteiger partial charge in [-0.1, -0.05) is 6.92 Å². The van der Waals surface area contributed by atoms with Crippen molar-refractivity contribution in [3.63, 3.8) is 0 Å². The van der Waals surface area contributed by atoms with Gasteiger partial charge in [-0.25, -0.2) is 0 Å². The van der Waals surface area contributed by atoms with Gasteiger partial charge in [0, 0.05) is 18.4 Å². The van der Waals surface area contributed by atoms with Gasteiger partial charge in [0.05, 0.1) is 0 Å². The van der Waals surface area contributed by atoms with Gasteiger partial charge in [-0.2, -0.15) is 17.7 Å². The number of aromatic nitrogens is 2. The molecule has 0 bridgehead atoms. The quantitative estimate of drug-likeness (QED) is 0.720. The smallest absolute Gasteiger partial charge is 0.0492 e. The van der Waals surface area contributed by atoms with Crippen LogP contribution in [0.4, 0.5) is 0 Å². The molecule has 74 valence electrons. The fraction of sp³-hybridized carbons (Fsp3) is 0.700. The zero-order valence-electron chi connectivity index (χ0n) is 8.40. The maximum Gasteiger partial charge on any atom is 0.0492 e. The van der Waals surface area contributed by atoms with Gasteiger partial charge in [-0.05, 0) is 37.5 Å². The van der Waals surface area contributed by atoms with Gasteiger partial charge in [-0.3, -0.25) is 4.68 Å². The minimum Gasteiger partial charge on any atom is -0.270 e. The maximum atomic E-state index is 4.25. The van der Waals surface area contributed by atoms with Crippen molar-refractivity contribution in [3.05, 3.63) is 18.0 Å². The predicted molar refractivity (Wildman–Crippen MR) is 59.2 cm³/mol. The average molecular weight is 198 g/mol. The minimum atomic E-state index is 0.751. The Hall–Kier alpha value is -0.440. The van der Waals surface area contributed by atoms with Gasteiger partial charge in [0.15, 0.2) is 0 Å². The third-order valence-corrected chi connectivity index (χ3v) is 2.64. The molecule has 0 saturated heterocycles. The molecule has 0 saturated carbocycles. The first-order valence-electron chi connectivity index (χ1n) is 4.83. The molecule has 13 heavy (non-hydrogen) atoms. The van der Waals surface area contributed by atoms with Crippen LogP contribution < -0.4 is 0 Å². The lowest BCUT2D eigenvalue weighted by atomic mass is 10.1. The molecule has 0 aliphatic rings. The van der Waals surface area contributed by atoms with Crippen LogP contribution in [-0.2, 0) is 6.54 Å². The number of rotatable bonds is 5. The highest BCUT2D eigenvalue weighted by molar-refractivity contribution is 7.80. The Bertz CT molecular complexity index is 245. The Morgan fingerprint density at radius 1 is 1.54 bits per heavy atom. The lowest BCUT2D eigenvalue weighted by Crippen LogP contribution is -2.06. The highest BCUT2D eigenvalue weighted by atomic mass is 32.1. The van der Waals surface area contributed by atoms with Crippen LogP contribution in [0.1, 0.15) is 25.5 Å². The van der Waals surface area contributed by atoms with Crippen LogP contribution in [0, 0.1) is 12.8 Å². The zero-order chi connectivity index (χ0) is 9.68. The number of hydrogen-bond donors (Lipinski definition) is 1. The van der Waals surface area contributed by atoms with Crippen molar-refractivity contribution >= 4 is 12.6 Å². The van der Waals surface area contributed by atoms with E-state index in [4.69, 9.17) is 0 Å². The fourth-order valence-corrected chi connectivity index (χ4v) is 1.78. The summed E-state index contributed by atoms with van der Waals surface area (Å²) in [6.45, 7) is 5.40. The minimum absolute atomic E-state index is 0.751. The summed E-state index contributed by atoms with van der Waals surface area (Å²) in [6, 6.07) is 2.04. The first-order chi connectivity index (χ1) is 6.24. The van der Waals surface area contributed by atoms with Crippen molar-refractivity contribution in [1.29, 1.82) is 0 Å². The van der Waals surface area contributed by atoms with Gasteiger partial charge < -0.3 is 0 Å². The summed E-state index contributed by atoms with van der Waals surface area (Å²) >= 11 is 4.23. The summed E-state index contributed by atoms with van der Waals surface area (Å²) in [6.07, 6.45) is 4.26. The molecule has 0 fully saturated rings. The summed E-state index contributed by atoms with van der Waals surface area (Å²) in [5, 5.41) is 4.25. The van der Waals surface area contributed by atoms with E-state index < -0.39 is 0 Å². The SMILES string of the molecule is Cc1ccnn1CCC(C)CCS. The largest absolute Gasteiger partial charge is 0.270 e. The fourth-order valence-electron chi connectivity index (χ4n) is 1.34. The molecule has 2 nitrogen and oxygen atoms in total. The Morgan fingerprint density at radius 2 is 2.31 bits per heavy atom. The van der Waals surface area contributed by atoms with Crippen LogP contribution in [0.3, 0.4) is 0 Å². The highest BCUT2D eigenvalue weighted by Gasteiger charge is 2.02. The maximum absolute atomic E-state index is 4.25. The molecular weight excluding hydrogens is 180 g/mol. The summed E-state index contributed by atoms with van der Waals surface area (Å²) in [7, 11) is 0. The van der Waals surface area contributed by atoms with Crippen LogP contribution in [0.25, 0.3) is 0 Å². The first-order valence-corrected chi connectivity index (χ1v) is 5.46. The second-order valence-electron chi connectivity index (χ2n) is 3.60. The number of hydrogen-bond acceptors (Lipinski definition) is 2. The van der Waals surface area contributed by atoms with E-state index in [1.807, 2.05) is 12.3 Å². The van der Waals surface area contributed by atoms with Crippen LogP contribution in [0.15, 0.2) is 12.3 Å². The van der Waals surface area contributed by atoms with E-state index in [9.17, 15) is 0 Å². The summed E-state index contributed by atoms with van der Waals surface area (Å²) in [5.74, 6) is 1.74. The monoisotopic (exact) mass is 198 g/mol. The third-order valence-electron chi connectivity index (χ3n) is 2.38. The zero-order valence-corrected chi connectivity index (χ0v) is 9.30. The number of thiol groups is 1. The van der Waals surface area contributed by atoms with E-state index in [0.29, 0.717) is 0 Å². The normalized spacial score (nSPS) is 13.2. The topological polar surface area (TPSA) is 17.8 Å². The van der Waals surface area contributed by atoms with Crippen molar-refractivity contribution in [2.75, 3.05) is 5.75 Å². The Morgan fingerprint density at radius 3 is 2.85 bits per heavy atom. The van der Waals surface area contributed by atoms with Crippen LogP contribution in [-0.4, -0.2) is 15.5 Å². The van der Waals surface area contributed by atoms with Gasteiger partial charge in [-0.15, -0.1) is 0 Å². The first kappa shape index (κ1) is 10.6. The molecular formula is C10H18N2S. The summed E-state index contributed by atoms with van der Waals surface area (Å²) in [4.78, 5) is 0. The lowest BCUT2D eigenvalue weighted by molar-refractivity contribution is 0.446. The summed E-state index contributed by atoms with van der Waals surface area (Å²) in [5.41, 5.74) is 1.25. The van der Waals surface area contributed by atoms with Crippen molar-refractivity contribution in [1.82, 2.24) is 9.78 Å². The lowest BCUT2D eigenvalue weighted by Gasteiger charge is -2.10. The van der Waals surface area contributed by atoms with E-state index in [2.05, 4.69) is 36.3 Å². The average Bonchev–Trinajstić information content (AvgIpc) is 2.48. The van der Waals surface area contributed by atoms with Crippen molar-refractivity contribution < 1.29 is 0 Å². The second-order valence-corrected chi connectivity index (χ2v) is 4.05. The van der Waals surface area contributed by atoms with Gasteiger partial charge in [0.25, 0.3) is 0 Å². The molecule has 0 aromatic carbocycles. The molecule has 1 aromatic heterocycles. The molecule has 0 aliphatic heterocycles. The Labute approximate surface area is 85.7 Å². The van der Waals surface area contributed by atoms with Gasteiger partial charge in [0.2, 0.25) is 0 Å². The van der Waals surface area contributed by atoms with Crippen molar-refractivity contribution in [3.8, 4) is 0 Å². The molecule has 3 heteroatoms. The highest BCUT2D eigenvalue weighted by Crippen LogP contribution is 2.10. The second kappa shape index (κ2) is 5.32. The third kappa shape index (κ3) is 3.43.